The van der Waals surface area contributed by atoms with Crippen molar-refractivity contribution in [2.45, 2.75) is 83.2 Å². The summed E-state index contributed by atoms with van der Waals surface area (Å²) in [5.41, 5.74) is 1.79. The molecule has 1 saturated heterocycles. The van der Waals surface area contributed by atoms with Gasteiger partial charge in [0.25, 0.3) is 0 Å². The van der Waals surface area contributed by atoms with Gasteiger partial charge >= 0.3 is 0 Å². The molecule has 0 amide bonds. The molecule has 144 valence electrons. The van der Waals surface area contributed by atoms with E-state index in [1.54, 1.807) is 6.08 Å². The molecule has 4 heteroatoms. The highest BCUT2D eigenvalue weighted by Crippen LogP contribution is 2.20. The van der Waals surface area contributed by atoms with Crippen LogP contribution in [-0.4, -0.2) is 33.7 Å². The molecular formula is C22H33NO3. The highest BCUT2D eigenvalue weighted by molar-refractivity contribution is 5.45. The molecule has 0 bridgehead atoms. The molecule has 0 spiro atoms. The van der Waals surface area contributed by atoms with Crippen molar-refractivity contribution >= 4 is 6.08 Å². The lowest BCUT2D eigenvalue weighted by Crippen LogP contribution is -2.29. The van der Waals surface area contributed by atoms with E-state index >= 15 is 0 Å². The molecule has 0 aliphatic carbocycles. The quantitative estimate of drug-likeness (QED) is 0.480. The maximum absolute atomic E-state index is 10.1. The van der Waals surface area contributed by atoms with Gasteiger partial charge in [0.15, 0.2) is 6.29 Å². The van der Waals surface area contributed by atoms with E-state index in [0.717, 1.165) is 37.1 Å². The van der Waals surface area contributed by atoms with Crippen LogP contribution in [0.1, 0.15) is 69.7 Å². The van der Waals surface area contributed by atoms with E-state index in [0.29, 0.717) is 12.8 Å². The molecule has 2 N–H and O–H groups in total. The summed E-state index contributed by atoms with van der Waals surface area (Å²) >= 11 is 0. The van der Waals surface area contributed by atoms with Gasteiger partial charge in [-0.25, -0.2) is 0 Å². The van der Waals surface area contributed by atoms with Crippen molar-refractivity contribution in [3.63, 3.8) is 0 Å². The summed E-state index contributed by atoms with van der Waals surface area (Å²) in [6, 6.07) is 5.89. The molecule has 1 aromatic rings. The molecule has 1 aliphatic rings. The number of pyridine rings is 1. The van der Waals surface area contributed by atoms with Crippen LogP contribution in [0.5, 0.6) is 0 Å². The predicted molar refractivity (Wildman–Crippen MR) is 106 cm³/mol. The van der Waals surface area contributed by atoms with Crippen LogP contribution in [-0.2, 0) is 11.2 Å². The fraction of sp³-hybridized carbons (Fsp3) is 0.591. The Morgan fingerprint density at radius 3 is 2.96 bits per heavy atom. The minimum Gasteiger partial charge on any atom is -0.389 e. The fourth-order valence-electron chi connectivity index (χ4n) is 3.12. The van der Waals surface area contributed by atoms with Crippen LogP contribution in [0, 0.1) is 0 Å². The van der Waals surface area contributed by atoms with Crippen LogP contribution in [0.25, 0.3) is 6.08 Å². The number of ether oxygens (including phenoxy) is 1. The summed E-state index contributed by atoms with van der Waals surface area (Å²) in [7, 11) is 0. The minimum absolute atomic E-state index is 0.0360. The van der Waals surface area contributed by atoms with Gasteiger partial charge in [0, 0.05) is 12.1 Å². The van der Waals surface area contributed by atoms with Crippen molar-refractivity contribution in [2.75, 3.05) is 0 Å². The number of unbranched alkanes of at least 4 members (excludes halogenated alkanes) is 3. The summed E-state index contributed by atoms with van der Waals surface area (Å²) in [5.74, 6) is 0. The fourth-order valence-corrected chi connectivity index (χ4v) is 3.12. The molecule has 0 radical (unpaired) electrons. The third-order valence-corrected chi connectivity index (χ3v) is 4.60. The molecule has 1 fully saturated rings. The van der Waals surface area contributed by atoms with Gasteiger partial charge in [0.1, 0.15) is 0 Å². The summed E-state index contributed by atoms with van der Waals surface area (Å²) in [6.07, 6.45) is 15.6. The van der Waals surface area contributed by atoms with Gasteiger partial charge in [0.05, 0.1) is 17.9 Å². The molecule has 0 aromatic carbocycles. The number of aliphatic hydroxyl groups is 2. The van der Waals surface area contributed by atoms with Crippen LogP contribution < -0.4 is 0 Å². The normalized spacial score (nSPS) is 22.3. The van der Waals surface area contributed by atoms with Gasteiger partial charge in [-0.2, -0.15) is 0 Å². The minimum atomic E-state index is -0.637. The maximum Gasteiger partial charge on any atom is 0.154 e. The second-order valence-electron chi connectivity index (χ2n) is 7.03. The number of nitrogens with zero attached hydrogens (tertiary/aromatic N) is 1. The molecular weight excluding hydrogens is 326 g/mol. The highest BCUT2D eigenvalue weighted by atomic mass is 16.6. The van der Waals surface area contributed by atoms with Crippen molar-refractivity contribution < 1.29 is 14.9 Å². The number of hydrogen-bond acceptors (Lipinski definition) is 4. The summed E-state index contributed by atoms with van der Waals surface area (Å²) in [5, 5.41) is 19.7. The van der Waals surface area contributed by atoms with Crippen molar-refractivity contribution in [1.82, 2.24) is 4.98 Å². The molecule has 1 aliphatic heterocycles. The Hall–Kier alpha value is -1.49. The lowest BCUT2D eigenvalue weighted by atomic mass is 10.0. The van der Waals surface area contributed by atoms with Crippen LogP contribution in [0.15, 0.2) is 36.4 Å². The molecule has 2 rings (SSSR count). The first-order chi connectivity index (χ1) is 12.7. The maximum atomic E-state index is 10.1. The average molecular weight is 360 g/mol. The highest BCUT2D eigenvalue weighted by Gasteiger charge is 2.20. The molecule has 0 saturated carbocycles. The molecule has 1 aromatic heterocycles. The van der Waals surface area contributed by atoms with Crippen molar-refractivity contribution in [3.05, 3.63) is 47.8 Å². The number of aromatic nitrogens is 1. The smallest absolute Gasteiger partial charge is 0.154 e. The summed E-state index contributed by atoms with van der Waals surface area (Å²) < 4.78 is 5.56. The Balaban J connectivity index is 1.78. The first-order valence-electron chi connectivity index (χ1n) is 9.98. The SMILES string of the molecule is CCCCC/C=C/CC(O)/C=C/c1cccc(CC2CCCC(O)O2)n1. The van der Waals surface area contributed by atoms with Crippen LogP contribution >= 0.6 is 0 Å². The number of aliphatic hydroxyl groups excluding tert-OH is 2. The molecule has 3 atom stereocenters. The van der Waals surface area contributed by atoms with Crippen molar-refractivity contribution in [2.24, 2.45) is 0 Å². The monoisotopic (exact) mass is 359 g/mol. The van der Waals surface area contributed by atoms with E-state index in [4.69, 9.17) is 4.74 Å². The van der Waals surface area contributed by atoms with Gasteiger partial charge in [-0.15, -0.1) is 0 Å². The van der Waals surface area contributed by atoms with Gasteiger partial charge in [-0.1, -0.05) is 44.1 Å². The van der Waals surface area contributed by atoms with E-state index in [9.17, 15) is 10.2 Å². The lowest BCUT2D eigenvalue weighted by molar-refractivity contribution is -0.161. The van der Waals surface area contributed by atoms with Crippen molar-refractivity contribution in [3.8, 4) is 0 Å². The predicted octanol–water partition coefficient (Wildman–Crippen LogP) is 4.41. The van der Waals surface area contributed by atoms with Gasteiger partial charge in [0.2, 0.25) is 0 Å². The molecule has 2 heterocycles. The zero-order valence-electron chi connectivity index (χ0n) is 15.9. The molecule has 26 heavy (non-hydrogen) atoms. The van der Waals surface area contributed by atoms with Crippen LogP contribution in [0.4, 0.5) is 0 Å². The zero-order chi connectivity index (χ0) is 18.6. The van der Waals surface area contributed by atoms with Crippen molar-refractivity contribution in [1.29, 1.82) is 0 Å². The van der Waals surface area contributed by atoms with Gasteiger partial charge in [-0.3, -0.25) is 4.98 Å². The number of hydrogen-bond donors (Lipinski definition) is 2. The Labute approximate surface area is 157 Å². The topological polar surface area (TPSA) is 62.6 Å². The molecule has 4 nitrogen and oxygen atoms in total. The Morgan fingerprint density at radius 1 is 1.27 bits per heavy atom. The van der Waals surface area contributed by atoms with E-state index in [2.05, 4.69) is 24.1 Å². The van der Waals surface area contributed by atoms with E-state index in [1.165, 1.54) is 19.3 Å². The van der Waals surface area contributed by atoms with Gasteiger partial charge < -0.3 is 14.9 Å². The van der Waals surface area contributed by atoms with Crippen LogP contribution in [0.2, 0.25) is 0 Å². The third-order valence-electron chi connectivity index (χ3n) is 4.60. The summed E-state index contributed by atoms with van der Waals surface area (Å²) in [6.45, 7) is 2.20. The Bertz CT molecular complexity index is 570. The largest absolute Gasteiger partial charge is 0.389 e. The number of rotatable bonds is 10. The average Bonchev–Trinajstić information content (AvgIpc) is 2.63. The Kier molecular flexibility index (Phi) is 9.61. The van der Waals surface area contributed by atoms with E-state index < -0.39 is 12.4 Å². The van der Waals surface area contributed by atoms with E-state index in [1.807, 2.05) is 24.3 Å². The zero-order valence-corrected chi connectivity index (χ0v) is 15.9. The third kappa shape index (κ3) is 8.26. The second-order valence-corrected chi connectivity index (χ2v) is 7.03. The van der Waals surface area contributed by atoms with E-state index in [-0.39, 0.29) is 6.10 Å². The number of allylic oxidation sites excluding steroid dienone is 1. The molecule has 3 unspecified atom stereocenters. The summed E-state index contributed by atoms with van der Waals surface area (Å²) in [4.78, 5) is 4.62. The first-order valence-corrected chi connectivity index (χ1v) is 9.98. The van der Waals surface area contributed by atoms with Gasteiger partial charge in [-0.05, 0) is 56.7 Å². The standard InChI is InChI=1S/C22H33NO3/c1-2-3-4-5-6-7-12-20(24)16-15-18-10-8-11-19(23-18)17-21-13-9-14-22(25)26-21/h6-8,10-11,15-16,20-22,24-25H,2-5,9,12-14,17H2,1H3/b7-6+,16-15+. The van der Waals surface area contributed by atoms with Crippen LogP contribution in [0.3, 0.4) is 0 Å². The Morgan fingerprint density at radius 2 is 2.15 bits per heavy atom. The second kappa shape index (κ2) is 12.0. The lowest BCUT2D eigenvalue weighted by Gasteiger charge is -2.26. The first kappa shape index (κ1) is 20.8.